The van der Waals surface area contributed by atoms with Gasteiger partial charge in [0.25, 0.3) is 0 Å². The first kappa shape index (κ1) is 20.4. The molecule has 0 aromatic heterocycles. The summed E-state index contributed by atoms with van der Waals surface area (Å²) in [6.45, 7) is 4.78. The SMILES string of the molecule is Cc1cc(Cl)cc(CNC(=O)[C@H](C)NC(=O)[C@H]2C[C@H](c3ccccc3)CN2)c1. The molecule has 0 bridgehead atoms. The van der Waals surface area contributed by atoms with Crippen LogP contribution in [-0.2, 0) is 16.1 Å². The number of hydrogen-bond donors (Lipinski definition) is 3. The quantitative estimate of drug-likeness (QED) is 0.699. The van der Waals surface area contributed by atoms with Crippen molar-refractivity contribution in [1.82, 2.24) is 16.0 Å². The van der Waals surface area contributed by atoms with Crippen LogP contribution in [0, 0.1) is 6.92 Å². The fourth-order valence-electron chi connectivity index (χ4n) is 3.55. The summed E-state index contributed by atoms with van der Waals surface area (Å²) in [7, 11) is 0. The molecule has 1 fully saturated rings. The molecule has 0 radical (unpaired) electrons. The Kier molecular flexibility index (Phi) is 6.70. The van der Waals surface area contributed by atoms with E-state index in [4.69, 9.17) is 11.6 Å². The molecular weight excluding hydrogens is 374 g/mol. The average Bonchev–Trinajstić information content (AvgIpc) is 3.16. The van der Waals surface area contributed by atoms with Crippen molar-refractivity contribution in [3.05, 3.63) is 70.2 Å². The lowest BCUT2D eigenvalue weighted by atomic mass is 9.96. The Labute approximate surface area is 170 Å². The van der Waals surface area contributed by atoms with Crippen molar-refractivity contribution in [2.24, 2.45) is 0 Å². The number of benzene rings is 2. The highest BCUT2D eigenvalue weighted by Crippen LogP contribution is 2.25. The summed E-state index contributed by atoms with van der Waals surface area (Å²) in [5, 5.41) is 9.57. The minimum absolute atomic E-state index is 0.139. The van der Waals surface area contributed by atoms with Crippen molar-refractivity contribution in [3.8, 4) is 0 Å². The number of halogens is 1. The second kappa shape index (κ2) is 9.22. The number of carbonyl (C=O) groups excluding carboxylic acids is 2. The first-order valence-electron chi connectivity index (χ1n) is 9.55. The number of amides is 2. The highest BCUT2D eigenvalue weighted by molar-refractivity contribution is 6.30. The number of nitrogens with one attached hydrogen (secondary N) is 3. The Morgan fingerprint density at radius 3 is 2.68 bits per heavy atom. The summed E-state index contributed by atoms with van der Waals surface area (Å²) in [4.78, 5) is 24.9. The van der Waals surface area contributed by atoms with Gasteiger partial charge in [-0.1, -0.05) is 48.0 Å². The van der Waals surface area contributed by atoms with Crippen molar-refractivity contribution in [2.75, 3.05) is 6.54 Å². The van der Waals surface area contributed by atoms with Gasteiger partial charge in [-0.25, -0.2) is 0 Å². The predicted molar refractivity (Wildman–Crippen MR) is 111 cm³/mol. The predicted octanol–water partition coefficient (Wildman–Crippen LogP) is 2.92. The number of hydrogen-bond acceptors (Lipinski definition) is 3. The molecule has 1 aliphatic rings. The normalized spacial score (nSPS) is 19.8. The minimum atomic E-state index is -0.606. The Bertz CT molecular complexity index is 821. The van der Waals surface area contributed by atoms with Crippen molar-refractivity contribution >= 4 is 23.4 Å². The fraction of sp³-hybridized carbons (Fsp3) is 0.364. The van der Waals surface area contributed by atoms with Gasteiger partial charge in [-0.2, -0.15) is 0 Å². The Morgan fingerprint density at radius 1 is 1.21 bits per heavy atom. The third kappa shape index (κ3) is 5.33. The van der Waals surface area contributed by atoms with Crippen LogP contribution in [-0.4, -0.2) is 30.4 Å². The maximum atomic E-state index is 12.5. The van der Waals surface area contributed by atoms with Crippen LogP contribution in [0.2, 0.25) is 5.02 Å². The Hall–Kier alpha value is -2.37. The van der Waals surface area contributed by atoms with Gasteiger partial charge in [0.1, 0.15) is 6.04 Å². The van der Waals surface area contributed by atoms with Crippen molar-refractivity contribution < 1.29 is 9.59 Å². The number of aryl methyl sites for hydroxylation is 1. The molecule has 3 N–H and O–H groups in total. The summed E-state index contributed by atoms with van der Waals surface area (Å²) in [6, 6.07) is 15.0. The molecule has 1 heterocycles. The van der Waals surface area contributed by atoms with Gasteiger partial charge in [-0.15, -0.1) is 0 Å². The smallest absolute Gasteiger partial charge is 0.242 e. The van der Waals surface area contributed by atoms with Gasteiger partial charge >= 0.3 is 0 Å². The zero-order valence-corrected chi connectivity index (χ0v) is 16.9. The van der Waals surface area contributed by atoms with E-state index in [-0.39, 0.29) is 17.9 Å². The molecule has 1 aliphatic heterocycles. The van der Waals surface area contributed by atoms with E-state index in [1.54, 1.807) is 6.92 Å². The van der Waals surface area contributed by atoms with E-state index in [0.29, 0.717) is 17.5 Å². The molecule has 3 rings (SSSR count). The molecule has 2 amide bonds. The summed E-state index contributed by atoms with van der Waals surface area (Å²) >= 11 is 6.05. The van der Waals surface area contributed by atoms with E-state index in [1.165, 1.54) is 5.56 Å². The molecule has 0 spiro atoms. The first-order valence-corrected chi connectivity index (χ1v) is 9.92. The zero-order chi connectivity index (χ0) is 20.1. The van der Waals surface area contributed by atoms with E-state index in [9.17, 15) is 9.59 Å². The van der Waals surface area contributed by atoms with Gasteiger partial charge < -0.3 is 16.0 Å². The highest BCUT2D eigenvalue weighted by atomic mass is 35.5. The molecule has 5 nitrogen and oxygen atoms in total. The van der Waals surface area contributed by atoms with E-state index in [1.807, 2.05) is 43.3 Å². The zero-order valence-electron chi connectivity index (χ0n) is 16.2. The maximum absolute atomic E-state index is 12.5. The van der Waals surface area contributed by atoms with Crippen LogP contribution in [0.4, 0.5) is 0 Å². The lowest BCUT2D eigenvalue weighted by Crippen LogP contribution is -2.49. The first-order chi connectivity index (χ1) is 13.4. The lowest BCUT2D eigenvalue weighted by Gasteiger charge is -2.17. The van der Waals surface area contributed by atoms with Gasteiger partial charge in [0.2, 0.25) is 11.8 Å². The molecule has 148 valence electrons. The summed E-state index contributed by atoms with van der Waals surface area (Å²) < 4.78 is 0. The second-order valence-electron chi connectivity index (χ2n) is 7.39. The van der Waals surface area contributed by atoms with E-state index < -0.39 is 6.04 Å². The third-order valence-electron chi connectivity index (χ3n) is 5.04. The van der Waals surface area contributed by atoms with Crippen molar-refractivity contribution in [3.63, 3.8) is 0 Å². The van der Waals surface area contributed by atoms with Crippen LogP contribution < -0.4 is 16.0 Å². The highest BCUT2D eigenvalue weighted by Gasteiger charge is 2.31. The van der Waals surface area contributed by atoms with Gasteiger partial charge in [-0.3, -0.25) is 9.59 Å². The Balaban J connectivity index is 1.48. The molecule has 1 saturated heterocycles. The standard InChI is InChI=1S/C22H26ClN3O2/c1-14-8-16(10-19(23)9-14)12-25-21(27)15(2)26-22(28)20-11-18(13-24-20)17-6-4-3-5-7-17/h3-10,15,18,20,24H,11-13H2,1-2H3,(H,25,27)(H,26,28)/t15-,18-,20+/m0/s1. The Morgan fingerprint density at radius 2 is 1.96 bits per heavy atom. The topological polar surface area (TPSA) is 70.2 Å². The van der Waals surface area contributed by atoms with Crippen LogP contribution >= 0.6 is 11.6 Å². The van der Waals surface area contributed by atoms with Crippen LogP contribution in [0.3, 0.4) is 0 Å². The summed E-state index contributed by atoms with van der Waals surface area (Å²) in [5.74, 6) is -0.0459. The van der Waals surface area contributed by atoms with Crippen molar-refractivity contribution in [2.45, 2.75) is 44.8 Å². The molecule has 3 atom stereocenters. The van der Waals surface area contributed by atoms with E-state index >= 15 is 0 Å². The van der Waals surface area contributed by atoms with Gasteiger partial charge in [0.15, 0.2) is 0 Å². The molecule has 0 unspecified atom stereocenters. The molecule has 28 heavy (non-hydrogen) atoms. The minimum Gasteiger partial charge on any atom is -0.350 e. The van der Waals surface area contributed by atoms with Gasteiger partial charge in [-0.05, 0) is 55.0 Å². The second-order valence-corrected chi connectivity index (χ2v) is 7.83. The van der Waals surface area contributed by atoms with Crippen molar-refractivity contribution in [1.29, 1.82) is 0 Å². The molecule has 0 saturated carbocycles. The van der Waals surface area contributed by atoms with Crippen LogP contribution in [0.25, 0.3) is 0 Å². The summed E-state index contributed by atoms with van der Waals surface area (Å²) in [5.41, 5.74) is 3.20. The maximum Gasteiger partial charge on any atom is 0.242 e. The van der Waals surface area contributed by atoms with E-state index in [2.05, 4.69) is 28.1 Å². The fourth-order valence-corrected chi connectivity index (χ4v) is 3.86. The lowest BCUT2D eigenvalue weighted by molar-refractivity contribution is -0.129. The largest absolute Gasteiger partial charge is 0.350 e. The van der Waals surface area contributed by atoms with Gasteiger partial charge in [0.05, 0.1) is 6.04 Å². The average molecular weight is 400 g/mol. The molecule has 0 aliphatic carbocycles. The number of carbonyl (C=O) groups is 2. The molecular formula is C22H26ClN3O2. The summed E-state index contributed by atoms with van der Waals surface area (Å²) in [6.07, 6.45) is 0.728. The van der Waals surface area contributed by atoms with Crippen LogP contribution in [0.5, 0.6) is 0 Å². The number of rotatable bonds is 6. The molecule has 2 aromatic carbocycles. The van der Waals surface area contributed by atoms with Gasteiger partial charge in [0, 0.05) is 18.1 Å². The van der Waals surface area contributed by atoms with Crippen LogP contribution in [0.15, 0.2) is 48.5 Å². The molecule has 6 heteroatoms. The van der Waals surface area contributed by atoms with Crippen LogP contribution in [0.1, 0.15) is 36.0 Å². The third-order valence-corrected chi connectivity index (χ3v) is 5.26. The monoisotopic (exact) mass is 399 g/mol. The molecule has 2 aromatic rings. The van der Waals surface area contributed by atoms with E-state index in [0.717, 1.165) is 24.1 Å².